The lowest BCUT2D eigenvalue weighted by molar-refractivity contribution is -0.158. The molecule has 1 N–H and O–H groups in total. The number of esters is 1. The van der Waals surface area contributed by atoms with Gasteiger partial charge in [0.05, 0.1) is 17.2 Å². The first kappa shape index (κ1) is 17.5. The monoisotopic (exact) mass is 350 g/mol. The van der Waals surface area contributed by atoms with Gasteiger partial charge in [0, 0.05) is 0 Å². The summed E-state index contributed by atoms with van der Waals surface area (Å²) in [6.45, 7) is 1.72. The number of ether oxygens (including phenoxy) is 2. The molecule has 1 heterocycles. The number of hydrogen-bond donors (Lipinski definition) is 1. The number of nitrogens with zero attached hydrogens (tertiary/aromatic N) is 1. The maximum atomic E-state index is 12.4. The SMILES string of the molecule is C[C@@H](OC(=O)[C@H]1COc2ccccc2C1)C(=O)Nc1ccccc1C#N. The van der Waals surface area contributed by atoms with E-state index in [1.807, 2.05) is 30.3 Å². The Hall–Kier alpha value is -3.33. The molecule has 0 aromatic heterocycles. The van der Waals surface area contributed by atoms with Crippen LogP contribution in [-0.4, -0.2) is 24.6 Å². The van der Waals surface area contributed by atoms with Crippen LogP contribution in [0, 0.1) is 17.2 Å². The molecular formula is C20H18N2O4. The number of rotatable bonds is 4. The van der Waals surface area contributed by atoms with Crippen molar-refractivity contribution in [1.82, 2.24) is 0 Å². The van der Waals surface area contributed by atoms with Crippen LogP contribution >= 0.6 is 0 Å². The number of anilines is 1. The van der Waals surface area contributed by atoms with Gasteiger partial charge >= 0.3 is 5.97 Å². The van der Waals surface area contributed by atoms with Crippen molar-refractivity contribution in [2.45, 2.75) is 19.4 Å². The zero-order valence-electron chi connectivity index (χ0n) is 14.3. The summed E-state index contributed by atoms with van der Waals surface area (Å²) in [5.41, 5.74) is 1.68. The van der Waals surface area contributed by atoms with Crippen molar-refractivity contribution in [1.29, 1.82) is 5.26 Å². The standard InChI is InChI=1S/C20H18N2O4/c1-13(19(23)22-17-8-4-2-7-15(17)11-21)26-20(24)16-10-14-6-3-5-9-18(14)25-12-16/h2-9,13,16H,10,12H2,1H3,(H,22,23)/t13-,16-/m1/s1. The van der Waals surface area contributed by atoms with E-state index in [0.717, 1.165) is 11.3 Å². The number of amides is 1. The van der Waals surface area contributed by atoms with Crippen LogP contribution in [0.3, 0.4) is 0 Å². The van der Waals surface area contributed by atoms with E-state index < -0.39 is 23.9 Å². The molecule has 0 bridgehead atoms. The van der Waals surface area contributed by atoms with E-state index in [0.29, 0.717) is 17.7 Å². The zero-order chi connectivity index (χ0) is 18.5. The van der Waals surface area contributed by atoms with Crippen molar-refractivity contribution in [3.63, 3.8) is 0 Å². The second-order valence-electron chi connectivity index (χ2n) is 6.05. The number of benzene rings is 2. The molecule has 0 aliphatic carbocycles. The number of para-hydroxylation sites is 2. The maximum Gasteiger partial charge on any atom is 0.313 e. The molecule has 0 spiro atoms. The summed E-state index contributed by atoms with van der Waals surface area (Å²) in [6, 6.07) is 16.2. The summed E-state index contributed by atoms with van der Waals surface area (Å²) in [6.07, 6.45) is -0.466. The predicted molar refractivity (Wildman–Crippen MR) is 94.5 cm³/mol. The second kappa shape index (κ2) is 7.70. The molecule has 0 unspecified atom stereocenters. The van der Waals surface area contributed by atoms with Crippen LogP contribution in [-0.2, 0) is 20.7 Å². The first-order chi connectivity index (χ1) is 12.6. The minimum Gasteiger partial charge on any atom is -0.492 e. The normalized spacial score (nSPS) is 16.4. The van der Waals surface area contributed by atoms with Crippen molar-refractivity contribution in [3.05, 3.63) is 59.7 Å². The molecule has 26 heavy (non-hydrogen) atoms. The molecule has 1 amide bonds. The third-order valence-electron chi connectivity index (χ3n) is 4.18. The maximum absolute atomic E-state index is 12.4. The van der Waals surface area contributed by atoms with Gasteiger partial charge in [0.25, 0.3) is 5.91 Å². The number of carbonyl (C=O) groups is 2. The van der Waals surface area contributed by atoms with Gasteiger partial charge in [0.1, 0.15) is 18.4 Å². The molecule has 3 rings (SSSR count). The molecule has 1 aliphatic rings. The van der Waals surface area contributed by atoms with Gasteiger partial charge in [-0.3, -0.25) is 9.59 Å². The van der Waals surface area contributed by atoms with Crippen LogP contribution in [0.2, 0.25) is 0 Å². The van der Waals surface area contributed by atoms with Gasteiger partial charge in [0.15, 0.2) is 6.10 Å². The summed E-state index contributed by atoms with van der Waals surface area (Å²) in [5, 5.41) is 11.7. The van der Waals surface area contributed by atoms with Crippen LogP contribution in [0.4, 0.5) is 5.69 Å². The Labute approximate surface area is 151 Å². The van der Waals surface area contributed by atoms with Crippen LogP contribution in [0.1, 0.15) is 18.1 Å². The largest absolute Gasteiger partial charge is 0.492 e. The van der Waals surface area contributed by atoms with E-state index >= 15 is 0 Å². The number of carbonyl (C=O) groups excluding carboxylic acids is 2. The average molecular weight is 350 g/mol. The third-order valence-corrected chi connectivity index (χ3v) is 4.18. The molecule has 132 valence electrons. The van der Waals surface area contributed by atoms with E-state index in [1.165, 1.54) is 6.92 Å². The third kappa shape index (κ3) is 3.83. The highest BCUT2D eigenvalue weighted by atomic mass is 16.6. The van der Waals surface area contributed by atoms with E-state index in [1.54, 1.807) is 24.3 Å². The number of nitriles is 1. The van der Waals surface area contributed by atoms with Crippen LogP contribution < -0.4 is 10.1 Å². The lowest BCUT2D eigenvalue weighted by Gasteiger charge is -2.25. The fraction of sp³-hybridized carbons (Fsp3) is 0.250. The van der Waals surface area contributed by atoms with Crippen molar-refractivity contribution < 1.29 is 19.1 Å². The van der Waals surface area contributed by atoms with Crippen LogP contribution in [0.5, 0.6) is 5.75 Å². The van der Waals surface area contributed by atoms with Gasteiger partial charge in [-0.2, -0.15) is 5.26 Å². The Bertz CT molecular complexity index is 872. The smallest absolute Gasteiger partial charge is 0.313 e. The van der Waals surface area contributed by atoms with Gasteiger partial charge in [-0.15, -0.1) is 0 Å². The average Bonchev–Trinajstić information content (AvgIpc) is 2.67. The van der Waals surface area contributed by atoms with Crippen molar-refractivity contribution >= 4 is 17.6 Å². The van der Waals surface area contributed by atoms with E-state index in [2.05, 4.69) is 5.32 Å². The summed E-state index contributed by atoms with van der Waals surface area (Å²) in [5.74, 6) is -0.643. The van der Waals surface area contributed by atoms with Crippen LogP contribution in [0.25, 0.3) is 0 Å². The quantitative estimate of drug-likeness (QED) is 0.857. The summed E-state index contributed by atoms with van der Waals surface area (Å²) in [4.78, 5) is 24.6. The van der Waals surface area contributed by atoms with Gasteiger partial charge in [-0.1, -0.05) is 30.3 Å². The van der Waals surface area contributed by atoms with Gasteiger partial charge in [-0.05, 0) is 37.1 Å². The molecule has 0 saturated carbocycles. The fourth-order valence-corrected chi connectivity index (χ4v) is 2.73. The molecule has 2 atom stereocenters. The number of nitrogens with one attached hydrogen (secondary N) is 1. The van der Waals surface area contributed by atoms with Crippen LogP contribution in [0.15, 0.2) is 48.5 Å². The molecule has 2 aromatic carbocycles. The topological polar surface area (TPSA) is 88.4 Å². The zero-order valence-corrected chi connectivity index (χ0v) is 14.3. The van der Waals surface area contributed by atoms with Crippen molar-refractivity contribution in [2.75, 3.05) is 11.9 Å². The molecule has 1 aliphatic heterocycles. The molecule has 6 nitrogen and oxygen atoms in total. The minimum atomic E-state index is -0.980. The molecule has 6 heteroatoms. The lowest BCUT2D eigenvalue weighted by atomic mass is 9.97. The van der Waals surface area contributed by atoms with Crippen molar-refractivity contribution in [2.24, 2.45) is 5.92 Å². The highest BCUT2D eigenvalue weighted by Crippen LogP contribution is 2.27. The first-order valence-corrected chi connectivity index (χ1v) is 8.29. The Kier molecular flexibility index (Phi) is 5.18. The molecule has 0 fully saturated rings. The fourth-order valence-electron chi connectivity index (χ4n) is 2.73. The van der Waals surface area contributed by atoms with E-state index in [9.17, 15) is 9.59 Å². The molecule has 0 radical (unpaired) electrons. The Balaban J connectivity index is 1.59. The van der Waals surface area contributed by atoms with Gasteiger partial charge in [-0.25, -0.2) is 0 Å². The van der Waals surface area contributed by atoms with E-state index in [-0.39, 0.29) is 6.61 Å². The Morgan fingerprint density at radius 2 is 1.96 bits per heavy atom. The molecule has 2 aromatic rings. The highest BCUT2D eigenvalue weighted by Gasteiger charge is 2.29. The number of fused-ring (bicyclic) bond motifs is 1. The van der Waals surface area contributed by atoms with Gasteiger partial charge in [0.2, 0.25) is 0 Å². The van der Waals surface area contributed by atoms with Gasteiger partial charge < -0.3 is 14.8 Å². The minimum absolute atomic E-state index is 0.224. The summed E-state index contributed by atoms with van der Waals surface area (Å²) >= 11 is 0. The Morgan fingerprint density at radius 1 is 1.23 bits per heavy atom. The molecular weight excluding hydrogens is 332 g/mol. The number of hydrogen-bond acceptors (Lipinski definition) is 5. The Morgan fingerprint density at radius 3 is 2.77 bits per heavy atom. The summed E-state index contributed by atoms with van der Waals surface area (Å²) < 4.78 is 10.9. The van der Waals surface area contributed by atoms with Crippen molar-refractivity contribution in [3.8, 4) is 11.8 Å². The highest BCUT2D eigenvalue weighted by molar-refractivity contribution is 5.96. The second-order valence-corrected chi connectivity index (χ2v) is 6.05. The predicted octanol–water partition coefficient (Wildman–Crippen LogP) is 2.68. The first-order valence-electron chi connectivity index (χ1n) is 8.29. The summed E-state index contributed by atoms with van der Waals surface area (Å²) in [7, 11) is 0. The molecule has 0 saturated heterocycles. The lowest BCUT2D eigenvalue weighted by Crippen LogP contribution is -2.36. The van der Waals surface area contributed by atoms with E-state index in [4.69, 9.17) is 14.7 Å².